The van der Waals surface area contributed by atoms with Crippen LogP contribution in [0.15, 0.2) is 37.1 Å². The molecule has 3 heterocycles. The Bertz CT molecular complexity index is 675. The number of carbonyl (C=O) groups excluding carboxylic acids is 2. The Morgan fingerprint density at radius 3 is 2.81 bits per heavy atom. The minimum absolute atomic E-state index is 0.0798. The molecule has 1 saturated heterocycles. The summed E-state index contributed by atoms with van der Waals surface area (Å²) in [6.07, 6.45) is 6.34. The molecule has 0 bridgehead atoms. The van der Waals surface area contributed by atoms with Gasteiger partial charge in [0, 0.05) is 12.7 Å². The molecular weight excluding hydrogens is 272 g/mol. The van der Waals surface area contributed by atoms with Gasteiger partial charge in [-0.3, -0.25) is 10.1 Å². The summed E-state index contributed by atoms with van der Waals surface area (Å²) < 4.78 is 0. The number of imide groups is 1. The number of urea groups is 1. The lowest BCUT2D eigenvalue weighted by molar-refractivity contribution is -0.118. The molecule has 0 aliphatic carbocycles. The highest BCUT2D eigenvalue weighted by molar-refractivity contribution is 6.01. The number of nitrogens with zero attached hydrogens (tertiary/aromatic N) is 4. The molecule has 8 nitrogen and oxygen atoms in total. The van der Waals surface area contributed by atoms with Crippen molar-refractivity contribution < 1.29 is 9.59 Å². The minimum Gasteiger partial charge on any atom is -0.338 e. The van der Waals surface area contributed by atoms with Crippen molar-refractivity contribution in [3.63, 3.8) is 0 Å². The summed E-state index contributed by atoms with van der Waals surface area (Å²) in [5.41, 5.74) is 1.59. The van der Waals surface area contributed by atoms with Crippen LogP contribution in [-0.2, 0) is 11.3 Å². The number of pyridine rings is 1. The SMILES string of the molecule is O=C1CN(Cc2ccnc(Nc3cncnc3)c2)C(=O)N1. The van der Waals surface area contributed by atoms with Gasteiger partial charge in [-0.15, -0.1) is 0 Å². The van der Waals surface area contributed by atoms with Crippen LogP contribution >= 0.6 is 0 Å². The summed E-state index contributed by atoms with van der Waals surface area (Å²) in [7, 11) is 0. The van der Waals surface area contributed by atoms with Crippen LogP contribution in [0.2, 0.25) is 0 Å². The van der Waals surface area contributed by atoms with Crippen LogP contribution in [0, 0.1) is 0 Å². The van der Waals surface area contributed by atoms with E-state index in [1.54, 1.807) is 24.7 Å². The van der Waals surface area contributed by atoms with Gasteiger partial charge in [0.05, 0.1) is 18.1 Å². The molecule has 1 aliphatic heterocycles. The van der Waals surface area contributed by atoms with Crippen LogP contribution < -0.4 is 10.6 Å². The van der Waals surface area contributed by atoms with Crippen molar-refractivity contribution in [3.8, 4) is 0 Å². The van der Waals surface area contributed by atoms with Crippen LogP contribution in [0.5, 0.6) is 0 Å². The van der Waals surface area contributed by atoms with Gasteiger partial charge in [0.1, 0.15) is 18.7 Å². The zero-order valence-electron chi connectivity index (χ0n) is 11.0. The van der Waals surface area contributed by atoms with Crippen LogP contribution in [0.4, 0.5) is 16.3 Å². The van der Waals surface area contributed by atoms with Crippen LogP contribution in [0.1, 0.15) is 5.56 Å². The van der Waals surface area contributed by atoms with Crippen LogP contribution in [-0.4, -0.2) is 38.3 Å². The second kappa shape index (κ2) is 5.53. The minimum atomic E-state index is -0.372. The van der Waals surface area contributed by atoms with Gasteiger partial charge < -0.3 is 10.2 Å². The van der Waals surface area contributed by atoms with E-state index in [0.29, 0.717) is 12.4 Å². The highest BCUT2D eigenvalue weighted by Crippen LogP contribution is 2.15. The fraction of sp³-hybridized carbons (Fsp3) is 0.154. The van der Waals surface area contributed by atoms with Gasteiger partial charge in [0.2, 0.25) is 5.91 Å². The van der Waals surface area contributed by atoms with E-state index in [4.69, 9.17) is 0 Å². The van der Waals surface area contributed by atoms with Gasteiger partial charge in [-0.1, -0.05) is 0 Å². The van der Waals surface area contributed by atoms with E-state index < -0.39 is 0 Å². The molecular formula is C13H12N6O2. The van der Waals surface area contributed by atoms with E-state index in [-0.39, 0.29) is 18.5 Å². The molecule has 1 fully saturated rings. The topological polar surface area (TPSA) is 100 Å². The van der Waals surface area contributed by atoms with Crippen molar-refractivity contribution in [1.82, 2.24) is 25.2 Å². The molecule has 2 N–H and O–H groups in total. The smallest absolute Gasteiger partial charge is 0.324 e. The van der Waals surface area contributed by atoms with Gasteiger partial charge in [-0.05, 0) is 17.7 Å². The van der Waals surface area contributed by atoms with Crippen LogP contribution in [0.3, 0.4) is 0 Å². The molecule has 3 rings (SSSR count). The van der Waals surface area contributed by atoms with Crippen molar-refractivity contribution in [1.29, 1.82) is 0 Å². The van der Waals surface area contributed by atoms with E-state index in [1.165, 1.54) is 11.2 Å². The maximum absolute atomic E-state index is 11.5. The van der Waals surface area contributed by atoms with E-state index in [1.807, 2.05) is 6.07 Å². The standard InChI is InChI=1S/C13H12N6O2/c20-12-7-19(13(21)18-12)6-9-1-2-16-11(3-9)17-10-4-14-8-15-5-10/h1-5,8H,6-7H2,(H,16,17)(H,18,20,21). The number of anilines is 2. The predicted molar refractivity (Wildman–Crippen MR) is 73.5 cm³/mol. The summed E-state index contributed by atoms with van der Waals surface area (Å²) in [6.45, 7) is 0.427. The first-order valence-electron chi connectivity index (χ1n) is 6.26. The normalized spacial score (nSPS) is 14.2. The van der Waals surface area contributed by atoms with E-state index in [9.17, 15) is 9.59 Å². The Labute approximate surface area is 120 Å². The molecule has 21 heavy (non-hydrogen) atoms. The fourth-order valence-corrected chi connectivity index (χ4v) is 1.98. The Morgan fingerprint density at radius 1 is 1.29 bits per heavy atom. The van der Waals surface area contributed by atoms with Crippen molar-refractivity contribution in [2.24, 2.45) is 0 Å². The average Bonchev–Trinajstić information content (AvgIpc) is 2.78. The Morgan fingerprint density at radius 2 is 2.10 bits per heavy atom. The quantitative estimate of drug-likeness (QED) is 0.800. The Kier molecular flexibility index (Phi) is 3.42. The van der Waals surface area contributed by atoms with E-state index >= 15 is 0 Å². The molecule has 8 heteroatoms. The molecule has 0 spiro atoms. The monoisotopic (exact) mass is 284 g/mol. The lowest BCUT2D eigenvalue weighted by atomic mass is 10.2. The molecule has 0 atom stereocenters. The average molecular weight is 284 g/mol. The highest BCUT2D eigenvalue weighted by Gasteiger charge is 2.26. The van der Waals surface area contributed by atoms with Gasteiger partial charge >= 0.3 is 6.03 Å². The maximum atomic E-state index is 11.5. The molecule has 0 unspecified atom stereocenters. The zero-order valence-corrected chi connectivity index (χ0v) is 11.0. The lowest BCUT2D eigenvalue weighted by Crippen LogP contribution is -2.27. The summed E-state index contributed by atoms with van der Waals surface area (Å²) >= 11 is 0. The van der Waals surface area contributed by atoms with Gasteiger partial charge in [0.15, 0.2) is 0 Å². The second-order valence-corrected chi connectivity index (χ2v) is 4.51. The van der Waals surface area contributed by atoms with Crippen molar-refractivity contribution in [3.05, 3.63) is 42.6 Å². The number of amides is 3. The first kappa shape index (κ1) is 13.0. The summed E-state index contributed by atoms with van der Waals surface area (Å²) in [5.74, 6) is 0.335. The number of aromatic nitrogens is 3. The first-order valence-corrected chi connectivity index (χ1v) is 6.26. The molecule has 0 saturated carbocycles. The number of rotatable bonds is 4. The summed E-state index contributed by atoms with van der Waals surface area (Å²) in [6, 6.07) is 3.23. The largest absolute Gasteiger partial charge is 0.338 e. The summed E-state index contributed by atoms with van der Waals surface area (Å²) in [4.78, 5) is 36.1. The molecule has 1 aliphatic rings. The van der Waals surface area contributed by atoms with Gasteiger partial charge in [-0.25, -0.2) is 19.7 Å². The number of hydrogen-bond acceptors (Lipinski definition) is 6. The van der Waals surface area contributed by atoms with E-state index in [2.05, 4.69) is 25.6 Å². The third-order valence-corrected chi connectivity index (χ3v) is 2.90. The van der Waals surface area contributed by atoms with E-state index in [0.717, 1.165) is 11.3 Å². The Hall–Kier alpha value is -3.03. The predicted octanol–water partition coefficient (Wildman–Crippen LogP) is 0.667. The highest BCUT2D eigenvalue weighted by atomic mass is 16.2. The molecule has 106 valence electrons. The molecule has 0 aromatic carbocycles. The van der Waals surface area contributed by atoms with Crippen molar-refractivity contribution >= 4 is 23.4 Å². The molecule has 0 radical (unpaired) electrons. The van der Waals surface area contributed by atoms with Gasteiger partial charge in [-0.2, -0.15) is 0 Å². The molecule has 2 aromatic heterocycles. The number of hydrogen-bond donors (Lipinski definition) is 2. The number of carbonyl (C=O) groups is 2. The third-order valence-electron chi connectivity index (χ3n) is 2.90. The third kappa shape index (κ3) is 3.11. The lowest BCUT2D eigenvalue weighted by Gasteiger charge is -2.13. The van der Waals surface area contributed by atoms with Crippen molar-refractivity contribution in [2.45, 2.75) is 6.54 Å². The van der Waals surface area contributed by atoms with Crippen LogP contribution in [0.25, 0.3) is 0 Å². The first-order chi connectivity index (χ1) is 10.2. The maximum Gasteiger partial charge on any atom is 0.324 e. The molecule has 2 aromatic rings. The van der Waals surface area contributed by atoms with Gasteiger partial charge in [0.25, 0.3) is 0 Å². The Balaban J connectivity index is 1.71. The fourth-order valence-electron chi connectivity index (χ4n) is 1.98. The second-order valence-electron chi connectivity index (χ2n) is 4.51. The molecule has 3 amide bonds. The zero-order chi connectivity index (χ0) is 14.7. The number of nitrogens with one attached hydrogen (secondary N) is 2. The van der Waals surface area contributed by atoms with Crippen molar-refractivity contribution in [2.75, 3.05) is 11.9 Å². The summed E-state index contributed by atoms with van der Waals surface area (Å²) in [5, 5.41) is 5.31.